The molecule has 0 aliphatic carbocycles. The first kappa shape index (κ1) is 13.6. The van der Waals surface area contributed by atoms with Gasteiger partial charge in [-0.2, -0.15) is 10.2 Å². The van der Waals surface area contributed by atoms with Gasteiger partial charge in [0.1, 0.15) is 5.75 Å². The van der Waals surface area contributed by atoms with E-state index in [-0.39, 0.29) is 0 Å². The number of nitrogens with zero attached hydrogens (tertiary/aromatic N) is 3. The molecule has 0 radical (unpaired) electrons. The molecule has 108 valence electrons. The number of benzene rings is 1. The first-order valence-electron chi connectivity index (χ1n) is 7.03. The first-order chi connectivity index (χ1) is 9.91. The van der Waals surface area contributed by atoms with Crippen LogP contribution in [0.15, 0.2) is 18.2 Å². The summed E-state index contributed by atoms with van der Waals surface area (Å²) in [5, 5.41) is 20.5. The van der Waals surface area contributed by atoms with Crippen molar-refractivity contribution in [3.63, 3.8) is 0 Å². The Morgan fingerprint density at radius 2 is 1.38 bits per heavy atom. The largest absolute Gasteiger partial charge is 0.508 e. The Bertz CT molecular complexity index is 817. The minimum absolute atomic E-state index is 0.291. The van der Waals surface area contributed by atoms with Gasteiger partial charge in [0, 0.05) is 27.8 Å². The Balaban J connectivity index is 2.44. The molecule has 0 amide bonds. The molecule has 0 aliphatic heterocycles. The van der Waals surface area contributed by atoms with Crippen molar-refractivity contribution in [1.29, 1.82) is 0 Å². The maximum absolute atomic E-state index is 9.62. The lowest BCUT2D eigenvalue weighted by molar-refractivity contribution is 0.474. The Labute approximate surface area is 124 Å². The third-order valence-corrected chi connectivity index (χ3v) is 4.14. The Kier molecular flexibility index (Phi) is 2.97. The molecule has 3 aromatic rings. The number of phenols is 1. The number of hydrogen-bond donors (Lipinski definition) is 1. The number of aromatic nitrogens is 3. The third-order valence-electron chi connectivity index (χ3n) is 4.14. The molecule has 0 fully saturated rings. The number of rotatable bonds is 1. The molecule has 0 spiro atoms. The maximum Gasteiger partial charge on any atom is 0.115 e. The van der Waals surface area contributed by atoms with E-state index in [1.807, 2.05) is 26.8 Å². The van der Waals surface area contributed by atoms with E-state index in [0.29, 0.717) is 5.75 Å². The Hall–Kier alpha value is -2.36. The highest BCUT2D eigenvalue weighted by molar-refractivity contribution is 5.92. The lowest BCUT2D eigenvalue weighted by Crippen LogP contribution is -2.01. The fraction of sp³-hybridized carbons (Fsp3) is 0.294. The average Bonchev–Trinajstić information content (AvgIpc) is 2.68. The van der Waals surface area contributed by atoms with Crippen molar-refractivity contribution in [2.75, 3.05) is 0 Å². The quantitative estimate of drug-likeness (QED) is 0.740. The summed E-state index contributed by atoms with van der Waals surface area (Å²) in [6, 6.07) is 5.46. The van der Waals surface area contributed by atoms with Crippen LogP contribution in [0.4, 0.5) is 0 Å². The summed E-state index contributed by atoms with van der Waals surface area (Å²) in [6.45, 7) is 10.2. The molecular formula is C17H19N3O. The molecule has 1 N–H and O–H groups in total. The van der Waals surface area contributed by atoms with Crippen molar-refractivity contribution in [2.24, 2.45) is 0 Å². The van der Waals surface area contributed by atoms with Crippen molar-refractivity contribution < 1.29 is 5.11 Å². The van der Waals surface area contributed by atoms with Crippen molar-refractivity contribution in [1.82, 2.24) is 14.8 Å². The van der Waals surface area contributed by atoms with E-state index in [0.717, 1.165) is 34.0 Å². The first-order valence-corrected chi connectivity index (χ1v) is 7.03. The van der Waals surface area contributed by atoms with E-state index in [1.54, 1.807) is 12.1 Å². The third kappa shape index (κ3) is 1.90. The molecule has 3 rings (SSSR count). The lowest BCUT2D eigenvalue weighted by Gasteiger charge is -2.12. The number of phenolic OH excluding ortho intramolecular Hbond substituents is 1. The summed E-state index contributed by atoms with van der Waals surface area (Å²) in [5.41, 5.74) is 6.34. The molecule has 4 nitrogen and oxygen atoms in total. The van der Waals surface area contributed by atoms with Gasteiger partial charge in [0.25, 0.3) is 0 Å². The van der Waals surface area contributed by atoms with E-state index in [4.69, 9.17) is 0 Å². The van der Waals surface area contributed by atoms with E-state index in [1.165, 1.54) is 10.8 Å². The van der Waals surface area contributed by atoms with E-state index < -0.39 is 0 Å². The molecule has 21 heavy (non-hydrogen) atoms. The minimum Gasteiger partial charge on any atom is -0.508 e. The Morgan fingerprint density at radius 3 is 1.86 bits per heavy atom. The predicted molar refractivity (Wildman–Crippen MR) is 84.2 cm³/mol. The fourth-order valence-electron chi connectivity index (χ4n) is 3.22. The zero-order valence-corrected chi connectivity index (χ0v) is 13.0. The van der Waals surface area contributed by atoms with E-state index >= 15 is 0 Å². The van der Waals surface area contributed by atoms with E-state index in [9.17, 15) is 5.11 Å². The zero-order chi connectivity index (χ0) is 15.3. The number of aromatic hydroxyl groups is 1. The molecule has 0 saturated carbocycles. The molecule has 1 aromatic carbocycles. The summed E-state index contributed by atoms with van der Waals surface area (Å²) in [6.07, 6.45) is 0. The van der Waals surface area contributed by atoms with Crippen LogP contribution in [-0.2, 0) is 0 Å². The average molecular weight is 281 g/mol. The summed E-state index contributed by atoms with van der Waals surface area (Å²) in [4.78, 5) is 0. The maximum atomic E-state index is 9.62. The fourth-order valence-corrected chi connectivity index (χ4v) is 3.22. The number of fused-ring (bicyclic) bond motifs is 1. The highest BCUT2D eigenvalue weighted by atomic mass is 16.3. The monoisotopic (exact) mass is 281 g/mol. The van der Waals surface area contributed by atoms with Crippen molar-refractivity contribution in [3.05, 3.63) is 46.5 Å². The van der Waals surface area contributed by atoms with Gasteiger partial charge < -0.3 is 9.67 Å². The Morgan fingerprint density at radius 1 is 0.857 bits per heavy atom. The van der Waals surface area contributed by atoms with Crippen LogP contribution < -0.4 is 0 Å². The van der Waals surface area contributed by atoms with Gasteiger partial charge in [0.2, 0.25) is 0 Å². The molecule has 0 atom stereocenters. The van der Waals surface area contributed by atoms with Gasteiger partial charge >= 0.3 is 0 Å². The summed E-state index contributed by atoms with van der Waals surface area (Å²) in [5.74, 6) is 0.291. The van der Waals surface area contributed by atoms with Gasteiger partial charge in [-0.25, -0.2) is 0 Å². The molecule has 2 heterocycles. The van der Waals surface area contributed by atoms with Crippen molar-refractivity contribution in [3.8, 4) is 11.4 Å². The summed E-state index contributed by atoms with van der Waals surface area (Å²) >= 11 is 0. The molecule has 0 bridgehead atoms. The van der Waals surface area contributed by atoms with Gasteiger partial charge in [-0.05, 0) is 58.4 Å². The normalized spacial score (nSPS) is 11.3. The van der Waals surface area contributed by atoms with Crippen LogP contribution in [0.5, 0.6) is 5.75 Å². The number of aryl methyl sites for hydroxylation is 5. The molecular weight excluding hydrogens is 262 g/mol. The smallest absolute Gasteiger partial charge is 0.115 e. The van der Waals surface area contributed by atoms with Gasteiger partial charge in [0.15, 0.2) is 0 Å². The lowest BCUT2D eigenvalue weighted by atomic mass is 10.1. The predicted octanol–water partition coefficient (Wildman–Crippen LogP) is 3.67. The molecule has 0 unspecified atom stereocenters. The highest BCUT2D eigenvalue weighted by Crippen LogP contribution is 2.33. The van der Waals surface area contributed by atoms with Crippen LogP contribution >= 0.6 is 0 Å². The number of hydrogen-bond acceptors (Lipinski definition) is 3. The SMILES string of the molecule is Cc1cc(O)ccc1-n1c(C)c2c(C)nnc(C)c2c1C. The van der Waals surface area contributed by atoms with Crippen LogP contribution in [-0.4, -0.2) is 19.9 Å². The van der Waals surface area contributed by atoms with Crippen molar-refractivity contribution >= 4 is 10.8 Å². The van der Waals surface area contributed by atoms with E-state index in [2.05, 4.69) is 28.6 Å². The molecule has 2 aromatic heterocycles. The van der Waals surface area contributed by atoms with Gasteiger partial charge in [-0.1, -0.05) is 0 Å². The highest BCUT2D eigenvalue weighted by Gasteiger charge is 2.18. The summed E-state index contributed by atoms with van der Waals surface area (Å²) in [7, 11) is 0. The van der Waals surface area contributed by atoms with Crippen LogP contribution in [0.2, 0.25) is 0 Å². The molecule has 0 aliphatic rings. The molecule has 4 heteroatoms. The minimum atomic E-state index is 0.291. The van der Waals surface area contributed by atoms with Gasteiger partial charge in [-0.15, -0.1) is 0 Å². The van der Waals surface area contributed by atoms with Crippen LogP contribution in [0.25, 0.3) is 16.5 Å². The second-order valence-electron chi connectivity index (χ2n) is 5.60. The second kappa shape index (κ2) is 4.58. The standard InChI is InChI=1S/C17H19N3O/c1-9-8-14(21)6-7-15(9)20-12(4)16-10(2)18-19-11(3)17(16)13(20)5/h6-8,21H,1-5H3. The molecule has 0 saturated heterocycles. The topological polar surface area (TPSA) is 50.9 Å². The second-order valence-corrected chi connectivity index (χ2v) is 5.60. The van der Waals surface area contributed by atoms with Gasteiger partial charge in [0.05, 0.1) is 11.4 Å². The van der Waals surface area contributed by atoms with Crippen LogP contribution in [0.3, 0.4) is 0 Å². The van der Waals surface area contributed by atoms with Crippen LogP contribution in [0.1, 0.15) is 28.3 Å². The van der Waals surface area contributed by atoms with Crippen LogP contribution in [0, 0.1) is 34.6 Å². The summed E-state index contributed by atoms with van der Waals surface area (Å²) < 4.78 is 2.22. The van der Waals surface area contributed by atoms with Crippen molar-refractivity contribution in [2.45, 2.75) is 34.6 Å². The zero-order valence-electron chi connectivity index (χ0n) is 13.0. The van der Waals surface area contributed by atoms with Gasteiger partial charge in [-0.3, -0.25) is 0 Å².